The van der Waals surface area contributed by atoms with Gasteiger partial charge in [0.25, 0.3) is 0 Å². The van der Waals surface area contributed by atoms with Crippen LogP contribution in [0.4, 0.5) is 8.78 Å². The van der Waals surface area contributed by atoms with Crippen LogP contribution >= 0.6 is 0 Å². The van der Waals surface area contributed by atoms with Crippen LogP contribution < -0.4 is 0 Å². The number of aliphatic imine (C=N–C) groups is 1. The molecule has 0 N–H and O–H groups in total. The van der Waals surface area contributed by atoms with Gasteiger partial charge in [-0.2, -0.15) is 9.38 Å². The van der Waals surface area contributed by atoms with E-state index in [0.717, 1.165) is 18.2 Å². The molecular weight excluding hydrogens is 198 g/mol. The van der Waals surface area contributed by atoms with Crippen molar-refractivity contribution in [1.29, 1.82) is 0 Å². The van der Waals surface area contributed by atoms with Crippen LogP contribution in [0.5, 0.6) is 0 Å². The van der Waals surface area contributed by atoms with Crippen LogP contribution in [0.25, 0.3) is 0 Å². The highest BCUT2D eigenvalue weighted by Crippen LogP contribution is 2.31. The molecule has 0 heterocycles. The number of rotatable bonds is 2. The molecule has 0 aromatic rings. The molecule has 0 amide bonds. The van der Waals surface area contributed by atoms with Crippen molar-refractivity contribution < 1.29 is 18.5 Å². The maximum atomic E-state index is 13.5. The highest BCUT2D eigenvalue weighted by atomic mass is 19.2. The molecule has 1 rings (SSSR count). The van der Waals surface area contributed by atoms with E-state index in [2.05, 4.69) is 4.99 Å². The standard InChI is InChI=1S/C7H4F2N2O3/c8-5-2-1-3-7(9,11(13)14)6(5)10-4-12/h1-3,6H. The maximum Gasteiger partial charge on any atom is 0.407 e. The van der Waals surface area contributed by atoms with E-state index in [1.54, 1.807) is 0 Å². The summed E-state index contributed by atoms with van der Waals surface area (Å²) in [5, 5.41) is 10.3. The van der Waals surface area contributed by atoms with Crippen molar-refractivity contribution in [1.82, 2.24) is 0 Å². The van der Waals surface area contributed by atoms with Crippen LogP contribution in [0.3, 0.4) is 0 Å². The number of allylic oxidation sites excluding steroid dienone is 2. The summed E-state index contributed by atoms with van der Waals surface area (Å²) in [5.41, 5.74) is 0. The Bertz CT molecular complexity index is 373. The van der Waals surface area contributed by atoms with Crippen molar-refractivity contribution in [2.75, 3.05) is 0 Å². The molecule has 5 nitrogen and oxygen atoms in total. The molecule has 0 aromatic heterocycles. The second-order valence-corrected chi connectivity index (χ2v) is 2.52. The summed E-state index contributed by atoms with van der Waals surface area (Å²) in [5.74, 6) is -4.40. The third-order valence-electron chi connectivity index (χ3n) is 1.69. The summed E-state index contributed by atoms with van der Waals surface area (Å²) < 4.78 is 26.3. The summed E-state index contributed by atoms with van der Waals surface area (Å²) in [7, 11) is 0. The fraction of sp³-hybridized carbons (Fsp3) is 0.286. The molecule has 2 atom stereocenters. The van der Waals surface area contributed by atoms with Gasteiger partial charge < -0.3 is 0 Å². The number of isocyanates is 1. The molecule has 74 valence electrons. The lowest BCUT2D eigenvalue weighted by Gasteiger charge is -2.19. The molecule has 1 aliphatic carbocycles. The van der Waals surface area contributed by atoms with Gasteiger partial charge in [0, 0.05) is 6.08 Å². The molecule has 7 heteroatoms. The second-order valence-electron chi connectivity index (χ2n) is 2.52. The van der Waals surface area contributed by atoms with Crippen molar-refractivity contribution in [2.45, 2.75) is 11.8 Å². The molecule has 0 radical (unpaired) electrons. The van der Waals surface area contributed by atoms with Crippen molar-refractivity contribution in [2.24, 2.45) is 4.99 Å². The van der Waals surface area contributed by atoms with Crippen LogP contribution in [0.15, 0.2) is 29.0 Å². The Hall–Kier alpha value is -1.88. The average molecular weight is 202 g/mol. The van der Waals surface area contributed by atoms with Crippen LogP contribution in [-0.2, 0) is 4.79 Å². The number of hydrogen-bond donors (Lipinski definition) is 0. The van der Waals surface area contributed by atoms with E-state index < -0.39 is 22.6 Å². The largest absolute Gasteiger partial charge is 0.407 e. The molecule has 0 saturated heterocycles. The van der Waals surface area contributed by atoms with E-state index in [4.69, 9.17) is 0 Å². The zero-order chi connectivity index (χ0) is 10.8. The summed E-state index contributed by atoms with van der Waals surface area (Å²) >= 11 is 0. The molecular formula is C7H4F2N2O3. The van der Waals surface area contributed by atoms with E-state index in [1.165, 1.54) is 0 Å². The molecule has 14 heavy (non-hydrogen) atoms. The van der Waals surface area contributed by atoms with Crippen LogP contribution in [0.2, 0.25) is 0 Å². The van der Waals surface area contributed by atoms with Gasteiger partial charge in [0.15, 0.2) is 0 Å². The minimum atomic E-state index is -3.21. The van der Waals surface area contributed by atoms with Crippen LogP contribution in [0, 0.1) is 10.1 Å². The van der Waals surface area contributed by atoms with Crippen molar-refractivity contribution in [3.05, 3.63) is 34.2 Å². The Morgan fingerprint density at radius 1 is 1.71 bits per heavy atom. The van der Waals surface area contributed by atoms with Gasteiger partial charge in [0.2, 0.25) is 12.1 Å². The number of hydrogen-bond acceptors (Lipinski definition) is 4. The first-order valence-electron chi connectivity index (χ1n) is 3.47. The lowest BCUT2D eigenvalue weighted by molar-refractivity contribution is -0.592. The molecule has 2 unspecified atom stereocenters. The molecule has 0 bridgehead atoms. The molecule has 0 aromatic carbocycles. The van der Waals surface area contributed by atoms with Gasteiger partial charge in [0.1, 0.15) is 5.83 Å². The van der Waals surface area contributed by atoms with Crippen LogP contribution in [0.1, 0.15) is 0 Å². The third kappa shape index (κ3) is 1.45. The Balaban J connectivity index is 3.19. The summed E-state index contributed by atoms with van der Waals surface area (Å²) in [6, 6.07) is -2.08. The van der Waals surface area contributed by atoms with Gasteiger partial charge in [-0.05, 0) is 6.08 Å². The normalized spacial score (nSPS) is 30.4. The SMILES string of the molecule is O=C=NC1C(F)=CC=CC1(F)[N+](=O)[O-]. The van der Waals surface area contributed by atoms with Gasteiger partial charge >= 0.3 is 5.79 Å². The van der Waals surface area contributed by atoms with Gasteiger partial charge in [-0.15, -0.1) is 0 Å². The van der Waals surface area contributed by atoms with Gasteiger partial charge in [0.05, 0.1) is 4.92 Å². The van der Waals surface area contributed by atoms with E-state index >= 15 is 0 Å². The van der Waals surface area contributed by atoms with E-state index in [-0.39, 0.29) is 0 Å². The predicted octanol–water partition coefficient (Wildman–Crippen LogP) is 1.06. The first-order chi connectivity index (χ1) is 6.52. The minimum absolute atomic E-state index is 0.529. The zero-order valence-electron chi connectivity index (χ0n) is 6.68. The molecule has 0 aliphatic heterocycles. The van der Waals surface area contributed by atoms with Gasteiger partial charge in [-0.3, -0.25) is 10.1 Å². The Morgan fingerprint density at radius 2 is 2.36 bits per heavy atom. The zero-order valence-corrected chi connectivity index (χ0v) is 6.68. The first kappa shape index (κ1) is 10.2. The number of nitrogens with zero attached hydrogens (tertiary/aromatic N) is 2. The first-order valence-corrected chi connectivity index (χ1v) is 3.47. The van der Waals surface area contributed by atoms with Gasteiger partial charge in [-0.25, -0.2) is 9.18 Å². The number of alkyl halides is 1. The Kier molecular flexibility index (Phi) is 2.53. The second kappa shape index (κ2) is 3.47. The molecule has 0 spiro atoms. The predicted molar refractivity (Wildman–Crippen MR) is 41.1 cm³/mol. The minimum Gasteiger partial charge on any atom is -0.261 e. The Morgan fingerprint density at radius 3 is 2.86 bits per heavy atom. The Labute approximate surface area is 76.6 Å². The quantitative estimate of drug-likeness (QED) is 0.221. The monoisotopic (exact) mass is 202 g/mol. The van der Waals surface area contributed by atoms with Crippen molar-refractivity contribution in [3.8, 4) is 0 Å². The fourth-order valence-electron chi connectivity index (χ4n) is 1.02. The topological polar surface area (TPSA) is 72.6 Å². The number of halogens is 2. The highest BCUT2D eigenvalue weighted by molar-refractivity contribution is 5.38. The average Bonchev–Trinajstić information content (AvgIpc) is 2.11. The fourth-order valence-corrected chi connectivity index (χ4v) is 1.02. The molecule has 0 fully saturated rings. The molecule has 0 saturated carbocycles. The summed E-state index contributed by atoms with van der Waals surface area (Å²) in [4.78, 5) is 21.5. The van der Waals surface area contributed by atoms with E-state index in [1.807, 2.05) is 0 Å². The lowest BCUT2D eigenvalue weighted by Crippen LogP contribution is -2.44. The maximum absolute atomic E-state index is 13.5. The van der Waals surface area contributed by atoms with Crippen LogP contribution in [-0.4, -0.2) is 22.8 Å². The van der Waals surface area contributed by atoms with E-state index in [0.29, 0.717) is 6.08 Å². The molecule has 1 aliphatic rings. The van der Waals surface area contributed by atoms with E-state index in [9.17, 15) is 23.7 Å². The smallest absolute Gasteiger partial charge is 0.261 e. The number of carbonyl (C=O) groups excluding carboxylic acids is 1. The highest BCUT2D eigenvalue weighted by Gasteiger charge is 2.53. The number of nitro groups is 1. The summed E-state index contributed by atoms with van der Waals surface area (Å²) in [6.07, 6.45) is 3.08. The van der Waals surface area contributed by atoms with Crippen molar-refractivity contribution in [3.63, 3.8) is 0 Å². The van der Waals surface area contributed by atoms with Gasteiger partial charge in [-0.1, -0.05) is 6.08 Å². The third-order valence-corrected chi connectivity index (χ3v) is 1.69. The summed E-state index contributed by atoms with van der Waals surface area (Å²) in [6.45, 7) is 0. The lowest BCUT2D eigenvalue weighted by atomic mass is 10.0. The van der Waals surface area contributed by atoms with Crippen molar-refractivity contribution >= 4 is 6.08 Å².